The summed E-state index contributed by atoms with van der Waals surface area (Å²) in [6.07, 6.45) is 1.35. The first-order valence-corrected chi connectivity index (χ1v) is 6.67. The first kappa shape index (κ1) is 13.1. The summed E-state index contributed by atoms with van der Waals surface area (Å²) in [5.41, 5.74) is 2.02. The molecule has 1 N–H and O–H groups in total. The van der Waals surface area contributed by atoms with Crippen LogP contribution in [0.3, 0.4) is 0 Å². The zero-order chi connectivity index (χ0) is 14.7. The lowest BCUT2D eigenvalue weighted by Gasteiger charge is -2.15. The van der Waals surface area contributed by atoms with E-state index in [0.717, 1.165) is 11.3 Å². The molecule has 4 nitrogen and oxygen atoms in total. The van der Waals surface area contributed by atoms with E-state index < -0.39 is 0 Å². The number of hydrogen-bond donors (Lipinski definition) is 1. The smallest absolute Gasteiger partial charge is 0.277 e. The molecule has 0 aromatic heterocycles. The molecular formula is C17H14N2O2. The second-order valence-corrected chi connectivity index (χ2v) is 4.76. The van der Waals surface area contributed by atoms with Crippen LogP contribution in [0.1, 0.15) is 5.56 Å². The summed E-state index contributed by atoms with van der Waals surface area (Å²) in [6.45, 7) is 0.287. The highest BCUT2D eigenvalue weighted by Crippen LogP contribution is 2.18. The molecule has 1 heterocycles. The average molecular weight is 278 g/mol. The number of hydrogen-bond acceptors (Lipinski definition) is 3. The van der Waals surface area contributed by atoms with Gasteiger partial charge in [-0.25, -0.2) is 0 Å². The van der Waals surface area contributed by atoms with Gasteiger partial charge in [-0.3, -0.25) is 14.5 Å². The van der Waals surface area contributed by atoms with E-state index in [2.05, 4.69) is 5.32 Å². The Morgan fingerprint density at radius 2 is 1.48 bits per heavy atom. The number of carbonyl (C=O) groups is 2. The van der Waals surface area contributed by atoms with E-state index in [4.69, 9.17) is 0 Å². The molecule has 2 aromatic rings. The molecule has 0 fully saturated rings. The van der Waals surface area contributed by atoms with Gasteiger partial charge in [-0.2, -0.15) is 0 Å². The maximum Gasteiger partial charge on any atom is 0.277 e. The van der Waals surface area contributed by atoms with Gasteiger partial charge in [0.05, 0.1) is 6.54 Å². The third-order valence-electron chi connectivity index (χ3n) is 3.25. The summed E-state index contributed by atoms with van der Waals surface area (Å²) < 4.78 is 0. The van der Waals surface area contributed by atoms with Crippen molar-refractivity contribution in [3.8, 4) is 0 Å². The lowest BCUT2D eigenvalue weighted by atomic mass is 10.2. The highest BCUT2D eigenvalue weighted by atomic mass is 16.2. The lowest BCUT2D eigenvalue weighted by molar-refractivity contribution is -0.137. The van der Waals surface area contributed by atoms with E-state index in [1.54, 1.807) is 0 Å². The number of anilines is 1. The van der Waals surface area contributed by atoms with Crippen LogP contribution in [0, 0.1) is 0 Å². The molecule has 0 aliphatic carbocycles. The second kappa shape index (κ2) is 5.63. The molecule has 0 atom stereocenters. The fraction of sp³-hybridized carbons (Fsp3) is 0.0588. The van der Waals surface area contributed by atoms with Crippen molar-refractivity contribution in [1.29, 1.82) is 0 Å². The van der Waals surface area contributed by atoms with Crippen LogP contribution in [-0.2, 0) is 16.1 Å². The van der Waals surface area contributed by atoms with Gasteiger partial charge in [-0.05, 0) is 17.7 Å². The van der Waals surface area contributed by atoms with Crippen molar-refractivity contribution in [2.45, 2.75) is 6.54 Å². The summed E-state index contributed by atoms with van der Waals surface area (Å²) >= 11 is 0. The van der Waals surface area contributed by atoms with E-state index >= 15 is 0 Å². The Kier molecular flexibility index (Phi) is 3.51. The monoisotopic (exact) mass is 278 g/mol. The zero-order valence-electron chi connectivity index (χ0n) is 11.3. The number of benzene rings is 2. The van der Waals surface area contributed by atoms with Crippen LogP contribution in [0.2, 0.25) is 0 Å². The molecule has 1 aliphatic rings. The van der Waals surface area contributed by atoms with E-state index in [9.17, 15) is 9.59 Å². The van der Waals surface area contributed by atoms with Crippen molar-refractivity contribution >= 4 is 17.5 Å². The topological polar surface area (TPSA) is 49.4 Å². The Morgan fingerprint density at radius 3 is 2.14 bits per heavy atom. The Balaban J connectivity index is 1.73. The van der Waals surface area contributed by atoms with Gasteiger partial charge in [0.15, 0.2) is 0 Å². The van der Waals surface area contributed by atoms with Gasteiger partial charge in [-0.1, -0.05) is 48.5 Å². The molecule has 0 spiro atoms. The number of imide groups is 1. The Labute approximate surface area is 122 Å². The van der Waals surface area contributed by atoms with Crippen LogP contribution >= 0.6 is 0 Å². The molecule has 2 aromatic carbocycles. The first-order chi connectivity index (χ1) is 10.2. The van der Waals surface area contributed by atoms with Crippen LogP contribution in [0.15, 0.2) is 72.4 Å². The van der Waals surface area contributed by atoms with Gasteiger partial charge in [0.2, 0.25) is 0 Å². The molecule has 0 radical (unpaired) electrons. The molecule has 21 heavy (non-hydrogen) atoms. The lowest BCUT2D eigenvalue weighted by Crippen LogP contribution is -2.31. The highest BCUT2D eigenvalue weighted by Gasteiger charge is 2.31. The van der Waals surface area contributed by atoms with Crippen LogP contribution in [0.4, 0.5) is 5.69 Å². The molecule has 1 aliphatic heterocycles. The normalized spacial score (nSPS) is 14.3. The molecule has 2 amide bonds. The minimum atomic E-state index is -0.298. The first-order valence-electron chi connectivity index (χ1n) is 6.67. The zero-order valence-corrected chi connectivity index (χ0v) is 11.3. The van der Waals surface area contributed by atoms with Gasteiger partial charge in [-0.15, -0.1) is 0 Å². The number of carbonyl (C=O) groups excluding carboxylic acids is 2. The highest BCUT2D eigenvalue weighted by molar-refractivity contribution is 6.17. The fourth-order valence-electron chi connectivity index (χ4n) is 2.19. The van der Waals surface area contributed by atoms with Crippen molar-refractivity contribution in [2.75, 3.05) is 5.32 Å². The summed E-state index contributed by atoms with van der Waals surface area (Å²) in [5, 5.41) is 2.99. The molecule has 104 valence electrons. The number of nitrogens with zero attached hydrogens (tertiary/aromatic N) is 1. The Morgan fingerprint density at radius 1 is 0.857 bits per heavy atom. The van der Waals surface area contributed by atoms with Crippen molar-refractivity contribution in [2.24, 2.45) is 0 Å². The van der Waals surface area contributed by atoms with Gasteiger partial charge in [0.1, 0.15) is 5.70 Å². The second-order valence-electron chi connectivity index (χ2n) is 4.76. The molecule has 0 saturated heterocycles. The predicted octanol–water partition coefficient (Wildman–Crippen LogP) is 2.55. The predicted molar refractivity (Wildman–Crippen MR) is 80.1 cm³/mol. The minimum Gasteiger partial charge on any atom is -0.351 e. The molecule has 0 saturated carbocycles. The van der Waals surface area contributed by atoms with Crippen LogP contribution in [-0.4, -0.2) is 16.7 Å². The summed E-state index contributed by atoms with van der Waals surface area (Å²) in [7, 11) is 0. The van der Waals surface area contributed by atoms with E-state index in [0.29, 0.717) is 5.70 Å². The molecule has 0 unspecified atom stereocenters. The van der Waals surface area contributed by atoms with Gasteiger partial charge < -0.3 is 5.32 Å². The molecule has 4 heteroatoms. The van der Waals surface area contributed by atoms with E-state index in [-0.39, 0.29) is 18.4 Å². The van der Waals surface area contributed by atoms with Crippen molar-refractivity contribution in [1.82, 2.24) is 4.90 Å². The fourth-order valence-corrected chi connectivity index (χ4v) is 2.19. The van der Waals surface area contributed by atoms with E-state index in [1.165, 1.54) is 11.0 Å². The number of rotatable bonds is 4. The molecular weight excluding hydrogens is 264 g/mol. The van der Waals surface area contributed by atoms with Gasteiger partial charge >= 0.3 is 0 Å². The number of nitrogens with one attached hydrogen (secondary N) is 1. The maximum atomic E-state index is 12.3. The van der Waals surface area contributed by atoms with Gasteiger partial charge in [0.25, 0.3) is 11.8 Å². The average Bonchev–Trinajstić information content (AvgIpc) is 2.77. The quantitative estimate of drug-likeness (QED) is 0.874. The Hall–Kier alpha value is -2.88. The van der Waals surface area contributed by atoms with Gasteiger partial charge in [0, 0.05) is 11.8 Å². The largest absolute Gasteiger partial charge is 0.351 e. The van der Waals surface area contributed by atoms with Crippen LogP contribution in [0.25, 0.3) is 0 Å². The Bertz CT molecular complexity index is 693. The van der Waals surface area contributed by atoms with Crippen LogP contribution < -0.4 is 5.32 Å². The third kappa shape index (κ3) is 2.84. The van der Waals surface area contributed by atoms with Crippen LogP contribution in [0.5, 0.6) is 0 Å². The number of amides is 2. The van der Waals surface area contributed by atoms with Crippen molar-refractivity contribution in [3.63, 3.8) is 0 Å². The third-order valence-corrected chi connectivity index (χ3v) is 3.25. The number of para-hydroxylation sites is 1. The standard InChI is InChI=1S/C17H14N2O2/c20-16-11-15(18-14-9-5-2-6-10-14)17(21)19(16)12-13-7-3-1-4-8-13/h1-11,18H,12H2. The summed E-state index contributed by atoms with van der Waals surface area (Å²) in [4.78, 5) is 25.5. The molecule has 0 bridgehead atoms. The van der Waals surface area contributed by atoms with Crippen molar-refractivity contribution in [3.05, 3.63) is 78.0 Å². The SMILES string of the molecule is O=C1C=C(Nc2ccccc2)C(=O)N1Cc1ccccc1. The summed E-state index contributed by atoms with van der Waals surface area (Å²) in [5.74, 6) is -0.588. The van der Waals surface area contributed by atoms with E-state index in [1.807, 2.05) is 60.7 Å². The molecule has 3 rings (SSSR count). The minimum absolute atomic E-state index is 0.287. The summed E-state index contributed by atoms with van der Waals surface area (Å²) in [6, 6.07) is 18.8. The maximum absolute atomic E-state index is 12.3. The van der Waals surface area contributed by atoms with Crippen molar-refractivity contribution < 1.29 is 9.59 Å².